The Morgan fingerprint density at radius 2 is 2.06 bits per heavy atom. The number of nitrogens with zero attached hydrogens (tertiary/aromatic N) is 2. The molecule has 2 aromatic carbocycles. The minimum absolute atomic E-state index is 0.107. The first kappa shape index (κ1) is 25.9. The molecule has 3 N–H and O–H groups in total. The van der Waals surface area contributed by atoms with Gasteiger partial charge in [-0.2, -0.15) is 0 Å². The average Bonchev–Trinajstić information content (AvgIpc) is 3.52. The van der Waals surface area contributed by atoms with Gasteiger partial charge in [-0.1, -0.05) is 23.7 Å². The second-order valence-electron chi connectivity index (χ2n) is 8.37. The Hall–Kier alpha value is -3.21. The molecule has 1 aromatic heterocycles. The molecule has 2 aliphatic heterocycles. The highest BCUT2D eigenvalue weighted by Gasteiger charge is 2.34. The van der Waals surface area contributed by atoms with E-state index < -0.39 is 11.7 Å². The lowest BCUT2D eigenvalue weighted by atomic mass is 10.0. The number of aliphatic hydroxyl groups excluding tert-OH is 1. The van der Waals surface area contributed by atoms with Crippen LogP contribution in [0.1, 0.15) is 40.1 Å². The van der Waals surface area contributed by atoms with E-state index >= 15 is 0 Å². The summed E-state index contributed by atoms with van der Waals surface area (Å²) in [5, 5.41) is 22.8. The quantitative estimate of drug-likeness (QED) is 0.437. The third-order valence-corrected chi connectivity index (χ3v) is 7.16. The van der Waals surface area contributed by atoms with E-state index in [4.69, 9.17) is 21.4 Å². The van der Waals surface area contributed by atoms with Crippen LogP contribution in [0.25, 0.3) is 10.6 Å². The Balaban J connectivity index is 0.000000251. The second kappa shape index (κ2) is 11.7. The molecule has 2 amide bonds. The van der Waals surface area contributed by atoms with E-state index in [2.05, 4.69) is 10.3 Å². The van der Waals surface area contributed by atoms with Gasteiger partial charge in [-0.15, -0.1) is 11.3 Å². The number of phenols is 1. The van der Waals surface area contributed by atoms with Crippen molar-refractivity contribution in [2.45, 2.75) is 38.5 Å². The van der Waals surface area contributed by atoms with Crippen LogP contribution in [0.15, 0.2) is 42.6 Å². The normalized spacial score (nSPS) is 16.6. The molecule has 3 heterocycles. The van der Waals surface area contributed by atoms with Gasteiger partial charge in [-0.3, -0.25) is 4.79 Å². The van der Waals surface area contributed by atoms with Gasteiger partial charge in [-0.05, 0) is 49.1 Å². The number of benzene rings is 2. The molecule has 2 aliphatic rings. The molecule has 2 saturated heterocycles. The van der Waals surface area contributed by atoms with E-state index in [1.54, 1.807) is 24.3 Å². The van der Waals surface area contributed by atoms with E-state index in [1.165, 1.54) is 12.6 Å². The fourth-order valence-electron chi connectivity index (χ4n) is 3.96. The lowest BCUT2D eigenvalue weighted by Crippen LogP contribution is -2.37. The van der Waals surface area contributed by atoms with Crippen LogP contribution in [0.2, 0.25) is 5.02 Å². The number of nitrogens with one attached hydrogen (secondary N) is 1. The van der Waals surface area contributed by atoms with Gasteiger partial charge in [0.2, 0.25) is 0 Å². The van der Waals surface area contributed by atoms with Gasteiger partial charge in [0.25, 0.3) is 5.91 Å². The van der Waals surface area contributed by atoms with Crippen molar-refractivity contribution in [2.24, 2.45) is 0 Å². The van der Waals surface area contributed by atoms with Crippen LogP contribution in [-0.2, 0) is 17.9 Å². The third kappa shape index (κ3) is 6.13. The highest BCUT2D eigenvalue weighted by molar-refractivity contribution is 7.15. The maximum absolute atomic E-state index is 14.4. The number of fused-ring (bicyclic) bond motifs is 1. The summed E-state index contributed by atoms with van der Waals surface area (Å²) in [5.41, 5.74) is 0.712. The molecule has 0 bridgehead atoms. The zero-order chi connectivity index (χ0) is 25.7. The number of carbonyl (C=O) groups excluding carboxylic acids is 2. The number of rotatable bonds is 5. The molecule has 1 unspecified atom stereocenters. The summed E-state index contributed by atoms with van der Waals surface area (Å²) in [6.45, 7) is 1.54. The number of aromatic nitrogens is 1. The van der Waals surface area contributed by atoms with Gasteiger partial charge in [0.15, 0.2) is 0 Å². The molecular weight excluding hydrogens is 509 g/mol. The SMILES string of the molecule is O=C(NCc1ccc(Cl)cc1)c1cc(O)c(-c2ncc(CO)s2)cc1F.O=C1OCC2CCCCN12. The summed E-state index contributed by atoms with van der Waals surface area (Å²) >= 11 is 6.93. The molecule has 11 heteroatoms. The number of amides is 2. The molecule has 8 nitrogen and oxygen atoms in total. The third-order valence-electron chi connectivity index (χ3n) is 5.90. The average molecular weight is 534 g/mol. The number of hydrogen-bond acceptors (Lipinski definition) is 7. The van der Waals surface area contributed by atoms with Gasteiger partial charge in [0.05, 0.1) is 28.7 Å². The predicted molar refractivity (Wildman–Crippen MR) is 133 cm³/mol. The Bertz CT molecular complexity index is 1240. The van der Waals surface area contributed by atoms with Crippen molar-refractivity contribution in [1.29, 1.82) is 0 Å². The summed E-state index contributed by atoms with van der Waals surface area (Å²) < 4.78 is 19.3. The summed E-state index contributed by atoms with van der Waals surface area (Å²) in [6, 6.07) is 9.43. The van der Waals surface area contributed by atoms with Crippen LogP contribution in [0.3, 0.4) is 0 Å². The van der Waals surface area contributed by atoms with Crippen molar-refractivity contribution in [1.82, 2.24) is 15.2 Å². The van der Waals surface area contributed by atoms with E-state index in [1.807, 2.05) is 4.90 Å². The van der Waals surface area contributed by atoms with Crippen molar-refractivity contribution in [3.8, 4) is 16.3 Å². The van der Waals surface area contributed by atoms with Crippen molar-refractivity contribution in [3.05, 3.63) is 69.4 Å². The minimum Gasteiger partial charge on any atom is -0.507 e. The number of aliphatic hydroxyl groups is 1. The summed E-state index contributed by atoms with van der Waals surface area (Å²) in [6.07, 6.45) is 4.86. The summed E-state index contributed by atoms with van der Waals surface area (Å²) in [4.78, 5) is 29.6. The smallest absolute Gasteiger partial charge is 0.410 e. The number of carbonyl (C=O) groups is 2. The molecule has 36 heavy (non-hydrogen) atoms. The number of thiazole rings is 1. The van der Waals surface area contributed by atoms with E-state index in [-0.39, 0.29) is 36.1 Å². The van der Waals surface area contributed by atoms with Gasteiger partial charge in [0.1, 0.15) is 23.2 Å². The molecule has 1 atom stereocenters. The van der Waals surface area contributed by atoms with E-state index in [9.17, 15) is 19.1 Å². The van der Waals surface area contributed by atoms with Gasteiger partial charge >= 0.3 is 6.09 Å². The van der Waals surface area contributed by atoms with Crippen LogP contribution >= 0.6 is 22.9 Å². The number of piperidine rings is 1. The topological polar surface area (TPSA) is 112 Å². The van der Waals surface area contributed by atoms with Crippen molar-refractivity contribution >= 4 is 34.9 Å². The Kier molecular flexibility index (Phi) is 8.40. The fourth-order valence-corrected chi connectivity index (χ4v) is 4.88. The number of cyclic esters (lactones) is 1. The maximum Gasteiger partial charge on any atom is 0.410 e. The Labute approximate surface area is 216 Å². The predicted octanol–water partition coefficient (Wildman–Crippen LogP) is 4.72. The van der Waals surface area contributed by atoms with Crippen LogP contribution in [0.4, 0.5) is 9.18 Å². The van der Waals surface area contributed by atoms with Crippen molar-refractivity contribution in [2.75, 3.05) is 13.2 Å². The first-order valence-electron chi connectivity index (χ1n) is 11.4. The highest BCUT2D eigenvalue weighted by Crippen LogP contribution is 2.34. The summed E-state index contributed by atoms with van der Waals surface area (Å²) in [5.74, 6) is -1.68. The minimum atomic E-state index is -0.771. The monoisotopic (exact) mass is 533 g/mol. The molecule has 0 aliphatic carbocycles. The van der Waals surface area contributed by atoms with Crippen molar-refractivity contribution in [3.63, 3.8) is 0 Å². The molecule has 0 spiro atoms. The zero-order valence-corrected chi connectivity index (χ0v) is 20.8. The number of ether oxygens (including phenoxy) is 1. The molecule has 190 valence electrons. The number of hydrogen-bond donors (Lipinski definition) is 3. The molecule has 3 aromatic rings. The molecule has 5 rings (SSSR count). The largest absolute Gasteiger partial charge is 0.507 e. The zero-order valence-electron chi connectivity index (χ0n) is 19.2. The van der Waals surface area contributed by atoms with Crippen LogP contribution in [0, 0.1) is 5.82 Å². The fraction of sp³-hybridized carbons (Fsp3) is 0.320. The van der Waals surface area contributed by atoms with Crippen LogP contribution in [-0.4, -0.2) is 51.3 Å². The number of aromatic hydroxyl groups is 1. The number of halogens is 2. The maximum atomic E-state index is 14.4. The van der Waals surface area contributed by atoms with Crippen LogP contribution < -0.4 is 5.32 Å². The molecule has 2 fully saturated rings. The highest BCUT2D eigenvalue weighted by atomic mass is 35.5. The number of phenolic OH excluding ortho intramolecular Hbond substituents is 1. The second-order valence-corrected chi connectivity index (χ2v) is 9.92. The van der Waals surface area contributed by atoms with E-state index in [0.717, 1.165) is 48.4 Å². The van der Waals surface area contributed by atoms with Crippen molar-refractivity contribution < 1.29 is 28.9 Å². The first-order valence-corrected chi connectivity index (χ1v) is 12.6. The summed E-state index contributed by atoms with van der Waals surface area (Å²) in [7, 11) is 0. The lowest BCUT2D eigenvalue weighted by Gasteiger charge is -2.25. The van der Waals surface area contributed by atoms with Gasteiger partial charge in [0, 0.05) is 24.3 Å². The van der Waals surface area contributed by atoms with Gasteiger partial charge < -0.3 is 25.2 Å². The Morgan fingerprint density at radius 1 is 1.28 bits per heavy atom. The first-order chi connectivity index (χ1) is 17.4. The van der Waals surface area contributed by atoms with Crippen LogP contribution in [0.5, 0.6) is 5.75 Å². The standard InChI is InChI=1S/C18H14ClFN2O3S.C7H11NO2/c19-11-3-1-10(2-4-11)7-21-17(25)13-6-16(24)14(5-15(13)20)18-22-8-12(9-23)26-18;9-7-8-4-2-1-3-6(8)5-10-7/h1-6,8,23-24H,7,9H2,(H,21,25);6H,1-5H2. The van der Waals surface area contributed by atoms with Gasteiger partial charge in [-0.25, -0.2) is 14.2 Å². The molecule has 0 saturated carbocycles. The molecular formula is C25H25ClFN3O5S. The van der Waals surface area contributed by atoms with E-state index in [0.29, 0.717) is 27.6 Å². The molecule has 0 radical (unpaired) electrons. The Morgan fingerprint density at radius 3 is 2.75 bits per heavy atom. The lowest BCUT2D eigenvalue weighted by molar-refractivity contribution is 0.0946.